The summed E-state index contributed by atoms with van der Waals surface area (Å²) in [5.74, 6) is -0.377. The number of carbonyl (C=O) groups is 1. The van der Waals surface area contributed by atoms with Crippen LogP contribution in [-0.2, 0) is 4.74 Å². The van der Waals surface area contributed by atoms with Crippen LogP contribution < -0.4 is 15.0 Å². The molecular formula is C19H17N5O7S. The Morgan fingerprint density at radius 1 is 1.16 bits per heavy atom. The summed E-state index contributed by atoms with van der Waals surface area (Å²) in [5.41, 5.74) is 0.660. The van der Waals surface area contributed by atoms with Crippen LogP contribution in [0.4, 0.5) is 22.2 Å². The molecule has 1 aliphatic rings. The highest BCUT2D eigenvalue weighted by Crippen LogP contribution is 2.36. The summed E-state index contributed by atoms with van der Waals surface area (Å²) >= 11 is 1.04. The Morgan fingerprint density at radius 3 is 2.53 bits per heavy atom. The number of morpholine rings is 1. The first kappa shape index (κ1) is 21.4. The van der Waals surface area contributed by atoms with E-state index in [4.69, 9.17) is 9.47 Å². The Labute approximate surface area is 184 Å². The molecule has 32 heavy (non-hydrogen) atoms. The minimum absolute atomic E-state index is 0.123. The number of anilines is 2. The number of hydrogen-bond acceptors (Lipinski definition) is 10. The predicted molar refractivity (Wildman–Crippen MR) is 117 cm³/mol. The predicted octanol–water partition coefficient (Wildman–Crippen LogP) is 3.21. The van der Waals surface area contributed by atoms with E-state index in [1.807, 2.05) is 4.90 Å². The van der Waals surface area contributed by atoms with Crippen LogP contribution in [0.15, 0.2) is 30.3 Å². The fourth-order valence-electron chi connectivity index (χ4n) is 3.36. The van der Waals surface area contributed by atoms with Gasteiger partial charge in [0.1, 0.15) is 5.52 Å². The lowest BCUT2D eigenvalue weighted by Crippen LogP contribution is -2.37. The molecular weight excluding hydrogens is 442 g/mol. The normalized spacial score (nSPS) is 13.7. The van der Waals surface area contributed by atoms with Gasteiger partial charge < -0.3 is 14.4 Å². The van der Waals surface area contributed by atoms with E-state index in [9.17, 15) is 25.0 Å². The zero-order valence-corrected chi connectivity index (χ0v) is 17.6. The van der Waals surface area contributed by atoms with E-state index < -0.39 is 15.8 Å². The lowest BCUT2D eigenvalue weighted by Gasteiger charge is -2.30. The molecule has 0 atom stereocenters. The number of thiazole rings is 1. The maximum absolute atomic E-state index is 13.1. The first-order chi connectivity index (χ1) is 15.4. The monoisotopic (exact) mass is 459 g/mol. The van der Waals surface area contributed by atoms with E-state index in [1.165, 1.54) is 31.4 Å². The van der Waals surface area contributed by atoms with Gasteiger partial charge in [-0.2, -0.15) is 0 Å². The van der Waals surface area contributed by atoms with Gasteiger partial charge in [0.25, 0.3) is 17.3 Å². The van der Waals surface area contributed by atoms with Gasteiger partial charge in [-0.1, -0.05) is 11.3 Å². The highest BCUT2D eigenvalue weighted by molar-refractivity contribution is 7.22. The fraction of sp³-hybridized carbons (Fsp3) is 0.263. The van der Waals surface area contributed by atoms with E-state index >= 15 is 0 Å². The van der Waals surface area contributed by atoms with Crippen LogP contribution in [0.1, 0.15) is 10.4 Å². The number of nitro benzene ring substituents is 2. The molecule has 0 radical (unpaired) electrons. The molecule has 166 valence electrons. The number of non-ortho nitro benzene ring substituents is 2. The van der Waals surface area contributed by atoms with Crippen molar-refractivity contribution in [3.63, 3.8) is 0 Å². The molecule has 3 aromatic rings. The Morgan fingerprint density at radius 2 is 1.88 bits per heavy atom. The number of ether oxygens (including phenoxy) is 2. The van der Waals surface area contributed by atoms with E-state index in [2.05, 4.69) is 10.3 Å². The Bertz CT molecular complexity index is 1220. The number of rotatable bonds is 6. The average molecular weight is 459 g/mol. The average Bonchev–Trinajstić information content (AvgIpc) is 3.20. The molecule has 2 heterocycles. The van der Waals surface area contributed by atoms with Crippen molar-refractivity contribution in [2.24, 2.45) is 0 Å². The number of methoxy groups -OCH3 is 1. The van der Waals surface area contributed by atoms with Crippen LogP contribution in [0.25, 0.3) is 10.2 Å². The van der Waals surface area contributed by atoms with Gasteiger partial charge in [0, 0.05) is 31.3 Å². The van der Waals surface area contributed by atoms with E-state index in [0.29, 0.717) is 42.2 Å². The van der Waals surface area contributed by atoms with Gasteiger partial charge in [-0.05, 0) is 6.07 Å². The number of nitrogens with one attached hydrogen (secondary N) is 1. The number of aromatic nitrogens is 1. The third kappa shape index (κ3) is 4.15. The van der Waals surface area contributed by atoms with Crippen molar-refractivity contribution in [3.05, 3.63) is 56.1 Å². The van der Waals surface area contributed by atoms with Gasteiger partial charge in [0.05, 0.1) is 52.2 Å². The molecule has 1 aromatic heterocycles. The summed E-state index contributed by atoms with van der Waals surface area (Å²) in [5, 5.41) is 25.2. The third-order valence-electron chi connectivity index (χ3n) is 4.88. The zero-order valence-electron chi connectivity index (χ0n) is 16.8. The van der Waals surface area contributed by atoms with Crippen LogP contribution in [0.2, 0.25) is 0 Å². The van der Waals surface area contributed by atoms with E-state index in [-0.39, 0.29) is 27.8 Å². The zero-order chi connectivity index (χ0) is 22.8. The summed E-state index contributed by atoms with van der Waals surface area (Å²) in [6.45, 7) is 2.04. The second-order valence-electron chi connectivity index (χ2n) is 6.78. The Hall–Kier alpha value is -3.84. The van der Waals surface area contributed by atoms with Crippen LogP contribution >= 0.6 is 11.3 Å². The third-order valence-corrected chi connectivity index (χ3v) is 5.80. The number of nitrogens with zero attached hydrogens (tertiary/aromatic N) is 4. The summed E-state index contributed by atoms with van der Waals surface area (Å²) in [4.78, 5) is 40.6. The standard InChI is InChI=1S/C19H17N5O7S/c1-30-15-9-12(24(28)29)10-16-17(15)20-19(32-16)21-18(25)13-8-11(23(26)27)2-3-14(13)22-4-6-31-7-5-22/h2-3,8-10H,4-7H2,1H3,(H,20,21,25). The van der Waals surface area contributed by atoms with Crippen molar-refractivity contribution in [1.82, 2.24) is 4.98 Å². The van der Waals surface area contributed by atoms with Gasteiger partial charge in [0.15, 0.2) is 10.9 Å². The van der Waals surface area contributed by atoms with E-state index in [0.717, 1.165) is 11.3 Å². The van der Waals surface area contributed by atoms with Crippen molar-refractivity contribution in [3.8, 4) is 5.75 Å². The molecule has 12 nitrogen and oxygen atoms in total. The van der Waals surface area contributed by atoms with Crippen molar-refractivity contribution < 1.29 is 24.1 Å². The molecule has 4 rings (SSSR count). The van der Waals surface area contributed by atoms with Gasteiger partial charge in [-0.25, -0.2) is 4.98 Å². The number of nitro groups is 2. The van der Waals surface area contributed by atoms with Gasteiger partial charge in [0.2, 0.25) is 0 Å². The highest BCUT2D eigenvalue weighted by Gasteiger charge is 2.24. The molecule has 0 unspecified atom stereocenters. The minimum atomic E-state index is -0.581. The lowest BCUT2D eigenvalue weighted by molar-refractivity contribution is -0.385. The molecule has 1 fully saturated rings. The van der Waals surface area contributed by atoms with Crippen LogP contribution in [0.5, 0.6) is 5.75 Å². The first-order valence-electron chi connectivity index (χ1n) is 9.43. The maximum atomic E-state index is 13.1. The number of carbonyl (C=O) groups excluding carboxylic acids is 1. The molecule has 1 amide bonds. The summed E-state index contributed by atoms with van der Waals surface area (Å²) < 4.78 is 11.0. The SMILES string of the molecule is COc1cc([N+](=O)[O-])cc2sc(NC(=O)c3cc([N+](=O)[O-])ccc3N3CCOCC3)nc12. The van der Waals surface area contributed by atoms with Crippen LogP contribution in [-0.4, -0.2) is 54.2 Å². The summed E-state index contributed by atoms with van der Waals surface area (Å²) in [7, 11) is 1.37. The first-order valence-corrected chi connectivity index (χ1v) is 10.2. The second-order valence-corrected chi connectivity index (χ2v) is 7.81. The second kappa shape index (κ2) is 8.72. The lowest BCUT2D eigenvalue weighted by atomic mass is 10.1. The number of benzene rings is 2. The molecule has 0 aliphatic carbocycles. The van der Waals surface area contributed by atoms with Crippen molar-refractivity contribution in [1.29, 1.82) is 0 Å². The quantitative estimate of drug-likeness (QED) is 0.433. The summed E-state index contributed by atoms with van der Waals surface area (Å²) in [6.07, 6.45) is 0. The highest BCUT2D eigenvalue weighted by atomic mass is 32.1. The largest absolute Gasteiger partial charge is 0.494 e. The van der Waals surface area contributed by atoms with Gasteiger partial charge in [-0.15, -0.1) is 0 Å². The number of hydrogen-bond donors (Lipinski definition) is 1. The maximum Gasteiger partial charge on any atom is 0.274 e. The molecule has 0 saturated carbocycles. The molecule has 2 aromatic carbocycles. The Balaban J connectivity index is 1.70. The number of fused-ring (bicyclic) bond motifs is 1. The molecule has 1 N–H and O–H groups in total. The number of amides is 1. The van der Waals surface area contributed by atoms with E-state index in [1.54, 1.807) is 6.07 Å². The van der Waals surface area contributed by atoms with Crippen LogP contribution in [0, 0.1) is 20.2 Å². The van der Waals surface area contributed by atoms with Crippen molar-refractivity contribution >= 4 is 49.7 Å². The molecule has 1 aliphatic heterocycles. The summed E-state index contributed by atoms with van der Waals surface area (Å²) in [6, 6.07) is 6.72. The topological polar surface area (TPSA) is 150 Å². The molecule has 0 spiro atoms. The van der Waals surface area contributed by atoms with Crippen LogP contribution in [0.3, 0.4) is 0 Å². The molecule has 13 heteroatoms. The van der Waals surface area contributed by atoms with Crippen molar-refractivity contribution in [2.75, 3.05) is 43.6 Å². The minimum Gasteiger partial charge on any atom is -0.494 e. The smallest absolute Gasteiger partial charge is 0.274 e. The molecule has 0 bridgehead atoms. The van der Waals surface area contributed by atoms with Crippen molar-refractivity contribution in [2.45, 2.75) is 0 Å². The van der Waals surface area contributed by atoms with Gasteiger partial charge in [-0.3, -0.25) is 30.3 Å². The fourth-order valence-corrected chi connectivity index (χ4v) is 4.27. The van der Waals surface area contributed by atoms with Gasteiger partial charge >= 0.3 is 0 Å². The Kier molecular flexibility index (Phi) is 5.83. The molecule has 1 saturated heterocycles.